The van der Waals surface area contributed by atoms with Crippen LogP contribution in [0.5, 0.6) is 0 Å². The van der Waals surface area contributed by atoms with Gasteiger partial charge in [0, 0.05) is 6.54 Å². The number of hydrogen-bond donors (Lipinski definition) is 2. The average molecular weight is 296 g/mol. The van der Waals surface area contributed by atoms with Gasteiger partial charge in [-0.15, -0.1) is 11.3 Å². The Morgan fingerprint density at radius 2 is 2.32 bits per heavy atom. The summed E-state index contributed by atoms with van der Waals surface area (Å²) in [5.41, 5.74) is 0.976. The highest BCUT2D eigenvalue weighted by Gasteiger charge is 2.07. The third-order valence-electron chi connectivity index (χ3n) is 2.49. The van der Waals surface area contributed by atoms with Gasteiger partial charge in [0.05, 0.1) is 22.1 Å². The number of nitrogens with one attached hydrogen (secondary N) is 1. The van der Waals surface area contributed by atoms with E-state index < -0.39 is 0 Å². The normalized spacial score (nSPS) is 12.5. The van der Waals surface area contributed by atoms with E-state index in [0.717, 1.165) is 14.6 Å². The number of aliphatic hydroxyl groups excluding tert-OH is 1. The molecule has 102 valence electrons. The van der Waals surface area contributed by atoms with E-state index in [9.17, 15) is 4.79 Å². The number of fused-ring (bicyclic) bond motifs is 1. The maximum Gasteiger partial charge on any atom is 0.230 e. The molecule has 0 spiro atoms. The summed E-state index contributed by atoms with van der Waals surface area (Å²) in [5.74, 6) is 0.338. The molecule has 4 nitrogen and oxygen atoms in total. The largest absolute Gasteiger partial charge is 0.393 e. The van der Waals surface area contributed by atoms with Crippen molar-refractivity contribution in [1.82, 2.24) is 10.3 Å². The maximum atomic E-state index is 11.6. The highest BCUT2D eigenvalue weighted by atomic mass is 32.2. The Morgan fingerprint density at radius 1 is 1.53 bits per heavy atom. The number of thioether (sulfide) groups is 1. The summed E-state index contributed by atoms with van der Waals surface area (Å²) in [6, 6.07) is 7.94. The van der Waals surface area contributed by atoms with Gasteiger partial charge in [0.25, 0.3) is 0 Å². The smallest absolute Gasteiger partial charge is 0.230 e. The molecule has 0 aliphatic carbocycles. The van der Waals surface area contributed by atoms with Gasteiger partial charge in [-0.1, -0.05) is 23.9 Å². The first-order valence-electron chi connectivity index (χ1n) is 6.08. The highest BCUT2D eigenvalue weighted by Crippen LogP contribution is 2.28. The van der Waals surface area contributed by atoms with Gasteiger partial charge in [-0.2, -0.15) is 0 Å². The first-order valence-corrected chi connectivity index (χ1v) is 7.88. The van der Waals surface area contributed by atoms with Crippen molar-refractivity contribution >= 4 is 39.2 Å². The number of rotatable bonds is 6. The molecule has 0 aliphatic heterocycles. The number of benzene rings is 1. The fourth-order valence-electron chi connectivity index (χ4n) is 1.51. The molecule has 1 aromatic carbocycles. The second kappa shape index (κ2) is 6.88. The van der Waals surface area contributed by atoms with Gasteiger partial charge in [-0.05, 0) is 25.5 Å². The number of carbonyl (C=O) groups is 1. The molecule has 6 heteroatoms. The van der Waals surface area contributed by atoms with Crippen LogP contribution >= 0.6 is 23.1 Å². The van der Waals surface area contributed by atoms with Crippen molar-refractivity contribution in [3.05, 3.63) is 24.3 Å². The molecule has 1 aromatic heterocycles. The summed E-state index contributed by atoms with van der Waals surface area (Å²) in [4.78, 5) is 16.0. The first kappa shape index (κ1) is 14.3. The van der Waals surface area contributed by atoms with E-state index in [2.05, 4.69) is 10.3 Å². The van der Waals surface area contributed by atoms with Crippen LogP contribution in [0.4, 0.5) is 0 Å². The van der Waals surface area contributed by atoms with Crippen molar-refractivity contribution in [2.75, 3.05) is 12.3 Å². The molecule has 0 bridgehead atoms. The quantitative estimate of drug-likeness (QED) is 0.803. The van der Waals surface area contributed by atoms with Crippen LogP contribution in [0, 0.1) is 0 Å². The minimum atomic E-state index is -0.378. The molecule has 2 rings (SSSR count). The summed E-state index contributed by atoms with van der Waals surface area (Å²) in [7, 11) is 0. The molecule has 0 fully saturated rings. The number of aliphatic hydroxyl groups is 1. The number of thiazole rings is 1. The fraction of sp³-hybridized carbons (Fsp3) is 0.385. The lowest BCUT2D eigenvalue weighted by Gasteiger charge is -2.05. The molecule has 0 aliphatic rings. The van der Waals surface area contributed by atoms with Crippen LogP contribution in [0.2, 0.25) is 0 Å². The van der Waals surface area contributed by atoms with Gasteiger partial charge in [0.15, 0.2) is 4.34 Å². The Kier molecular flexibility index (Phi) is 5.18. The Balaban J connectivity index is 1.80. The van der Waals surface area contributed by atoms with E-state index in [4.69, 9.17) is 5.11 Å². The van der Waals surface area contributed by atoms with Gasteiger partial charge in [-0.3, -0.25) is 4.79 Å². The number of amides is 1. The van der Waals surface area contributed by atoms with Crippen molar-refractivity contribution in [3.8, 4) is 0 Å². The monoisotopic (exact) mass is 296 g/mol. The molecule has 1 heterocycles. The SMILES string of the molecule is CC(O)CCNC(=O)CSc1nc2ccccc2s1. The van der Waals surface area contributed by atoms with Crippen LogP contribution in [-0.4, -0.2) is 34.4 Å². The van der Waals surface area contributed by atoms with E-state index in [1.807, 2.05) is 24.3 Å². The Morgan fingerprint density at radius 3 is 3.05 bits per heavy atom. The van der Waals surface area contributed by atoms with Gasteiger partial charge < -0.3 is 10.4 Å². The van der Waals surface area contributed by atoms with Crippen molar-refractivity contribution in [2.24, 2.45) is 0 Å². The Hall–Kier alpha value is -1.11. The third kappa shape index (κ3) is 4.49. The summed E-state index contributed by atoms with van der Waals surface area (Å²) in [6.07, 6.45) is 0.203. The van der Waals surface area contributed by atoms with E-state index in [-0.39, 0.29) is 12.0 Å². The summed E-state index contributed by atoms with van der Waals surface area (Å²) < 4.78 is 2.05. The van der Waals surface area contributed by atoms with Gasteiger partial charge >= 0.3 is 0 Å². The number of para-hydroxylation sites is 1. The molecule has 0 saturated carbocycles. The van der Waals surface area contributed by atoms with Crippen molar-refractivity contribution < 1.29 is 9.90 Å². The number of nitrogens with zero attached hydrogens (tertiary/aromatic N) is 1. The zero-order chi connectivity index (χ0) is 13.7. The lowest BCUT2D eigenvalue weighted by Crippen LogP contribution is -2.27. The lowest BCUT2D eigenvalue weighted by molar-refractivity contribution is -0.118. The van der Waals surface area contributed by atoms with E-state index in [0.29, 0.717) is 18.7 Å². The van der Waals surface area contributed by atoms with Gasteiger partial charge in [0.1, 0.15) is 0 Å². The first-order chi connectivity index (χ1) is 9.15. The molecule has 19 heavy (non-hydrogen) atoms. The number of aromatic nitrogens is 1. The Labute approximate surface area is 120 Å². The topological polar surface area (TPSA) is 62.2 Å². The summed E-state index contributed by atoms with van der Waals surface area (Å²) in [5, 5.41) is 11.9. The van der Waals surface area contributed by atoms with Crippen LogP contribution in [0.1, 0.15) is 13.3 Å². The lowest BCUT2D eigenvalue weighted by atomic mass is 10.3. The molecular formula is C13H16N2O2S2. The zero-order valence-corrected chi connectivity index (χ0v) is 12.3. The van der Waals surface area contributed by atoms with Crippen LogP contribution in [0.3, 0.4) is 0 Å². The Bertz CT molecular complexity index is 521. The molecule has 0 radical (unpaired) electrons. The van der Waals surface area contributed by atoms with Crippen LogP contribution in [0.15, 0.2) is 28.6 Å². The minimum absolute atomic E-state index is 0.0232. The second-order valence-electron chi connectivity index (χ2n) is 4.22. The summed E-state index contributed by atoms with van der Waals surface area (Å²) >= 11 is 3.05. The van der Waals surface area contributed by atoms with E-state index in [1.54, 1.807) is 18.3 Å². The van der Waals surface area contributed by atoms with Crippen molar-refractivity contribution in [3.63, 3.8) is 0 Å². The number of hydrogen-bond acceptors (Lipinski definition) is 5. The predicted octanol–water partition coefficient (Wildman–Crippen LogP) is 2.28. The maximum absolute atomic E-state index is 11.6. The van der Waals surface area contributed by atoms with Crippen molar-refractivity contribution in [2.45, 2.75) is 23.8 Å². The van der Waals surface area contributed by atoms with Crippen LogP contribution in [0.25, 0.3) is 10.2 Å². The second-order valence-corrected chi connectivity index (χ2v) is 6.48. The highest BCUT2D eigenvalue weighted by molar-refractivity contribution is 8.01. The standard InChI is InChI=1S/C13H16N2O2S2/c1-9(16)6-7-14-12(17)8-18-13-15-10-4-2-3-5-11(10)19-13/h2-5,9,16H,6-8H2,1H3,(H,14,17). The van der Waals surface area contributed by atoms with Gasteiger partial charge in [-0.25, -0.2) is 4.98 Å². The predicted molar refractivity (Wildman–Crippen MR) is 79.7 cm³/mol. The van der Waals surface area contributed by atoms with Crippen LogP contribution < -0.4 is 5.32 Å². The van der Waals surface area contributed by atoms with Crippen LogP contribution in [-0.2, 0) is 4.79 Å². The van der Waals surface area contributed by atoms with Crippen molar-refractivity contribution in [1.29, 1.82) is 0 Å². The molecule has 2 aromatic rings. The molecule has 0 saturated heterocycles. The molecule has 1 unspecified atom stereocenters. The average Bonchev–Trinajstić information content (AvgIpc) is 2.78. The number of carbonyl (C=O) groups excluding carboxylic acids is 1. The fourth-order valence-corrected chi connectivity index (χ4v) is 3.41. The zero-order valence-electron chi connectivity index (χ0n) is 10.6. The molecular weight excluding hydrogens is 280 g/mol. The van der Waals surface area contributed by atoms with E-state index in [1.165, 1.54) is 11.8 Å². The van der Waals surface area contributed by atoms with Gasteiger partial charge in [0.2, 0.25) is 5.91 Å². The minimum Gasteiger partial charge on any atom is -0.393 e. The molecule has 1 amide bonds. The summed E-state index contributed by atoms with van der Waals surface area (Å²) in [6.45, 7) is 2.22. The third-order valence-corrected chi connectivity index (χ3v) is 4.66. The molecule has 2 N–H and O–H groups in total. The van der Waals surface area contributed by atoms with E-state index >= 15 is 0 Å². The molecule has 1 atom stereocenters.